The zero-order chi connectivity index (χ0) is 19.6. The van der Waals surface area contributed by atoms with Gasteiger partial charge in [-0.1, -0.05) is 18.2 Å². The fourth-order valence-corrected chi connectivity index (χ4v) is 3.24. The standard InChI is InChI=1S/C19H11F6NO/c1-10-6-7-26-9-12(10)15-16(18(22,23)19(24,25)17(15,20)21)14-8-11-4-2-3-5-13(11)27-14/h2-9H,1H3. The summed E-state index contributed by atoms with van der Waals surface area (Å²) >= 11 is 0. The number of rotatable bonds is 2. The quantitative estimate of drug-likeness (QED) is 0.510. The fraction of sp³-hybridized carbons (Fsp3) is 0.211. The van der Waals surface area contributed by atoms with Crippen molar-refractivity contribution in [2.24, 2.45) is 0 Å². The predicted molar refractivity (Wildman–Crippen MR) is 86.8 cm³/mol. The molecule has 0 saturated heterocycles. The molecule has 0 aliphatic heterocycles. The van der Waals surface area contributed by atoms with Gasteiger partial charge in [-0.05, 0) is 30.7 Å². The van der Waals surface area contributed by atoms with E-state index in [1.165, 1.54) is 31.3 Å². The van der Waals surface area contributed by atoms with Crippen LogP contribution in [-0.2, 0) is 0 Å². The van der Waals surface area contributed by atoms with E-state index in [1.807, 2.05) is 0 Å². The van der Waals surface area contributed by atoms with Crippen LogP contribution in [0.4, 0.5) is 26.3 Å². The van der Waals surface area contributed by atoms with E-state index in [-0.39, 0.29) is 11.1 Å². The van der Waals surface area contributed by atoms with Crippen LogP contribution in [0.1, 0.15) is 16.9 Å². The minimum absolute atomic E-state index is 0.113. The average molecular weight is 383 g/mol. The highest BCUT2D eigenvalue weighted by molar-refractivity contribution is 6.01. The first kappa shape index (κ1) is 17.6. The summed E-state index contributed by atoms with van der Waals surface area (Å²) in [4.78, 5) is 3.63. The van der Waals surface area contributed by atoms with E-state index in [9.17, 15) is 26.3 Å². The molecule has 2 heterocycles. The normalized spacial score (nSPS) is 20.4. The molecule has 2 aromatic heterocycles. The van der Waals surface area contributed by atoms with Crippen molar-refractivity contribution in [1.82, 2.24) is 4.98 Å². The third kappa shape index (κ3) is 2.18. The molecular weight excluding hydrogens is 372 g/mol. The molecule has 2 nitrogen and oxygen atoms in total. The average Bonchev–Trinajstić information content (AvgIpc) is 3.06. The summed E-state index contributed by atoms with van der Waals surface area (Å²) in [5, 5.41) is 0.330. The number of alkyl halides is 6. The number of nitrogens with zero attached hydrogens (tertiary/aromatic N) is 1. The second kappa shape index (κ2) is 5.37. The van der Waals surface area contributed by atoms with E-state index in [0.717, 1.165) is 12.3 Å². The van der Waals surface area contributed by atoms with E-state index in [2.05, 4.69) is 4.98 Å². The van der Waals surface area contributed by atoms with Gasteiger partial charge >= 0.3 is 17.8 Å². The Kier molecular flexibility index (Phi) is 3.51. The van der Waals surface area contributed by atoms with Gasteiger partial charge in [0.1, 0.15) is 11.3 Å². The minimum atomic E-state index is -5.62. The van der Waals surface area contributed by atoms with Gasteiger partial charge in [-0.25, -0.2) is 0 Å². The largest absolute Gasteiger partial charge is 0.456 e. The van der Waals surface area contributed by atoms with E-state index in [0.29, 0.717) is 5.39 Å². The lowest BCUT2D eigenvalue weighted by atomic mass is 9.96. The third-order valence-corrected chi connectivity index (χ3v) is 4.65. The topological polar surface area (TPSA) is 26.0 Å². The van der Waals surface area contributed by atoms with Gasteiger partial charge in [-0.3, -0.25) is 4.98 Å². The Bertz CT molecular complexity index is 1050. The molecule has 0 spiro atoms. The summed E-state index contributed by atoms with van der Waals surface area (Å²) in [6.45, 7) is 1.35. The van der Waals surface area contributed by atoms with Gasteiger partial charge < -0.3 is 4.42 Å². The molecule has 0 saturated carbocycles. The number of hydrogen-bond acceptors (Lipinski definition) is 2. The molecule has 140 valence electrons. The number of halogens is 6. The molecule has 8 heteroatoms. The Morgan fingerprint density at radius 3 is 2.22 bits per heavy atom. The van der Waals surface area contributed by atoms with Crippen molar-refractivity contribution in [3.63, 3.8) is 0 Å². The smallest absolute Gasteiger partial charge is 0.380 e. The molecule has 0 radical (unpaired) electrons. The first-order chi connectivity index (χ1) is 12.6. The number of benzene rings is 1. The number of aromatic nitrogens is 1. The van der Waals surface area contributed by atoms with Crippen LogP contribution < -0.4 is 0 Å². The first-order valence-electron chi connectivity index (χ1n) is 7.87. The van der Waals surface area contributed by atoms with Crippen LogP contribution in [0.5, 0.6) is 0 Å². The van der Waals surface area contributed by atoms with Crippen LogP contribution in [0.2, 0.25) is 0 Å². The van der Waals surface area contributed by atoms with Crippen LogP contribution in [0.25, 0.3) is 22.1 Å². The molecule has 0 unspecified atom stereocenters. The predicted octanol–water partition coefficient (Wildman–Crippen LogP) is 5.97. The maximum atomic E-state index is 14.6. The molecule has 0 bridgehead atoms. The van der Waals surface area contributed by atoms with E-state index >= 15 is 0 Å². The van der Waals surface area contributed by atoms with Crippen molar-refractivity contribution in [2.45, 2.75) is 24.7 Å². The number of furan rings is 1. The molecule has 4 rings (SSSR count). The number of aryl methyl sites for hydroxylation is 1. The van der Waals surface area contributed by atoms with Crippen LogP contribution in [0.3, 0.4) is 0 Å². The monoisotopic (exact) mass is 383 g/mol. The highest BCUT2D eigenvalue weighted by Gasteiger charge is 2.80. The Balaban J connectivity index is 2.11. The van der Waals surface area contributed by atoms with E-state index < -0.39 is 40.2 Å². The number of fused-ring (bicyclic) bond motifs is 1. The maximum absolute atomic E-state index is 14.6. The van der Waals surface area contributed by atoms with Crippen molar-refractivity contribution < 1.29 is 30.8 Å². The lowest BCUT2D eigenvalue weighted by Gasteiger charge is -2.25. The number of para-hydroxylation sites is 1. The molecule has 1 aromatic carbocycles. The van der Waals surface area contributed by atoms with Gasteiger partial charge in [0, 0.05) is 28.9 Å². The van der Waals surface area contributed by atoms with Crippen molar-refractivity contribution in [2.75, 3.05) is 0 Å². The maximum Gasteiger partial charge on any atom is 0.380 e. The zero-order valence-corrected chi connectivity index (χ0v) is 13.7. The molecule has 0 fully saturated rings. The molecular formula is C19H11F6NO. The lowest BCUT2D eigenvalue weighted by Crippen LogP contribution is -2.48. The van der Waals surface area contributed by atoms with Gasteiger partial charge in [0.2, 0.25) is 0 Å². The van der Waals surface area contributed by atoms with Crippen molar-refractivity contribution in [3.8, 4) is 0 Å². The van der Waals surface area contributed by atoms with Gasteiger partial charge in [0.05, 0.1) is 5.57 Å². The van der Waals surface area contributed by atoms with Crippen LogP contribution in [0, 0.1) is 6.92 Å². The molecule has 3 aromatic rings. The summed E-state index contributed by atoms with van der Waals surface area (Å²) in [5.74, 6) is -16.6. The summed E-state index contributed by atoms with van der Waals surface area (Å²) in [7, 11) is 0. The highest BCUT2D eigenvalue weighted by Crippen LogP contribution is 2.65. The Hall–Kier alpha value is -2.77. The van der Waals surface area contributed by atoms with Crippen LogP contribution in [0.15, 0.2) is 53.2 Å². The number of pyridine rings is 1. The van der Waals surface area contributed by atoms with Crippen molar-refractivity contribution in [1.29, 1.82) is 0 Å². The highest BCUT2D eigenvalue weighted by atomic mass is 19.3. The summed E-state index contributed by atoms with van der Waals surface area (Å²) < 4.78 is 91.9. The molecule has 27 heavy (non-hydrogen) atoms. The first-order valence-corrected chi connectivity index (χ1v) is 7.87. The van der Waals surface area contributed by atoms with Crippen molar-refractivity contribution in [3.05, 3.63) is 65.7 Å². The SMILES string of the molecule is Cc1ccncc1C1=C(c2cc3ccccc3o2)C(F)(F)C(F)(F)C1(F)F. The van der Waals surface area contributed by atoms with Crippen LogP contribution >= 0.6 is 0 Å². The number of hydrogen-bond donors (Lipinski definition) is 0. The summed E-state index contributed by atoms with van der Waals surface area (Å²) in [6, 6.07) is 8.40. The third-order valence-electron chi connectivity index (χ3n) is 4.65. The van der Waals surface area contributed by atoms with E-state index in [4.69, 9.17) is 4.42 Å². The molecule has 0 atom stereocenters. The second-order valence-corrected chi connectivity index (χ2v) is 6.31. The fourth-order valence-electron chi connectivity index (χ4n) is 3.24. The number of allylic oxidation sites excluding steroid dienone is 2. The molecule has 0 amide bonds. The Morgan fingerprint density at radius 2 is 1.56 bits per heavy atom. The Morgan fingerprint density at radius 1 is 0.889 bits per heavy atom. The van der Waals surface area contributed by atoms with Gasteiger partial charge in [-0.15, -0.1) is 0 Å². The zero-order valence-electron chi connectivity index (χ0n) is 13.7. The Labute approximate surface area is 149 Å². The summed E-state index contributed by atoms with van der Waals surface area (Å²) in [6.07, 6.45) is 2.13. The second-order valence-electron chi connectivity index (χ2n) is 6.31. The molecule has 1 aliphatic carbocycles. The lowest BCUT2D eigenvalue weighted by molar-refractivity contribution is -0.254. The molecule has 1 aliphatic rings. The van der Waals surface area contributed by atoms with Gasteiger partial charge in [-0.2, -0.15) is 26.3 Å². The van der Waals surface area contributed by atoms with Gasteiger partial charge in [0.15, 0.2) is 0 Å². The van der Waals surface area contributed by atoms with Crippen LogP contribution in [-0.4, -0.2) is 22.8 Å². The van der Waals surface area contributed by atoms with Gasteiger partial charge in [0.25, 0.3) is 0 Å². The summed E-state index contributed by atoms with van der Waals surface area (Å²) in [5.41, 5.74) is -3.24. The molecule has 0 N–H and O–H groups in total. The minimum Gasteiger partial charge on any atom is -0.456 e. The van der Waals surface area contributed by atoms with E-state index in [1.54, 1.807) is 12.1 Å². The van der Waals surface area contributed by atoms with Crippen molar-refractivity contribution >= 4 is 22.1 Å².